The van der Waals surface area contributed by atoms with Gasteiger partial charge < -0.3 is 14.5 Å². The number of piperidine rings is 1. The van der Waals surface area contributed by atoms with Crippen LogP contribution in [0.4, 0.5) is 5.69 Å². The second-order valence-electron chi connectivity index (χ2n) is 8.94. The molecule has 0 bridgehead atoms. The Bertz CT molecular complexity index is 858. The normalized spacial score (nSPS) is 23.2. The molecule has 2 fully saturated rings. The fraction of sp³-hybridized carbons (Fsp3) is 0.500. The number of benzene rings is 2. The van der Waals surface area contributed by atoms with E-state index in [2.05, 4.69) is 64.1 Å². The molecule has 3 unspecified atom stereocenters. The van der Waals surface area contributed by atoms with Crippen molar-refractivity contribution in [2.45, 2.75) is 50.1 Å². The highest BCUT2D eigenvalue weighted by molar-refractivity contribution is 5.76. The second kappa shape index (κ2) is 10.8. The van der Waals surface area contributed by atoms with Crippen molar-refractivity contribution in [1.82, 2.24) is 15.8 Å². The zero-order chi connectivity index (χ0) is 22.3. The molecule has 3 atom stereocenters. The highest BCUT2D eigenvalue weighted by atomic mass is 16.5. The van der Waals surface area contributed by atoms with Crippen molar-refractivity contribution < 1.29 is 9.53 Å². The van der Waals surface area contributed by atoms with Crippen LogP contribution in [0.3, 0.4) is 0 Å². The Morgan fingerprint density at radius 2 is 1.91 bits per heavy atom. The number of hydrogen-bond acceptors (Lipinski definition) is 5. The molecular weight excluding hydrogens is 400 g/mol. The predicted octanol–water partition coefficient (Wildman–Crippen LogP) is 3.55. The van der Waals surface area contributed by atoms with Crippen molar-refractivity contribution in [3.8, 4) is 5.75 Å². The summed E-state index contributed by atoms with van der Waals surface area (Å²) in [6.07, 6.45) is 4.80. The Morgan fingerprint density at radius 1 is 1.12 bits per heavy atom. The third-order valence-corrected chi connectivity index (χ3v) is 6.93. The van der Waals surface area contributed by atoms with E-state index >= 15 is 0 Å². The Kier molecular flexibility index (Phi) is 7.66. The summed E-state index contributed by atoms with van der Waals surface area (Å²) in [5, 5.41) is 0. The number of carbonyl (C=O) groups is 1. The molecule has 2 saturated heterocycles. The smallest absolute Gasteiger partial charge is 0.222 e. The number of nitrogens with zero attached hydrogens (tertiary/aromatic N) is 2. The first-order valence-electron chi connectivity index (χ1n) is 11.9. The molecule has 2 N–H and O–H groups in total. The van der Waals surface area contributed by atoms with E-state index in [0.29, 0.717) is 18.2 Å². The van der Waals surface area contributed by atoms with E-state index < -0.39 is 0 Å². The van der Waals surface area contributed by atoms with Crippen molar-refractivity contribution in [2.24, 2.45) is 0 Å². The quantitative estimate of drug-likeness (QED) is 0.663. The number of rotatable bonds is 8. The molecule has 4 rings (SSSR count). The highest BCUT2D eigenvalue weighted by Crippen LogP contribution is 2.32. The number of hydrogen-bond donors (Lipinski definition) is 2. The standard InChI is InChI=1S/C26H36N4O2/c1-29(21-9-4-3-5-10-21)17-8-12-25(31)30-18-7-6-11-24(30)26-23(19-27-28-26)20-13-15-22(32-2)16-14-20/h3-5,9-10,13-16,23-24,26-28H,6-8,11-12,17-19H2,1-2H3. The number of hydrazine groups is 1. The molecule has 2 aliphatic heterocycles. The van der Waals surface area contributed by atoms with Crippen LogP contribution in [0, 0.1) is 0 Å². The Balaban J connectivity index is 1.37. The summed E-state index contributed by atoms with van der Waals surface area (Å²) in [6.45, 7) is 2.62. The van der Waals surface area contributed by atoms with Gasteiger partial charge in [0.25, 0.3) is 0 Å². The van der Waals surface area contributed by atoms with Crippen molar-refractivity contribution in [3.05, 3.63) is 60.2 Å². The Hall–Kier alpha value is -2.57. The van der Waals surface area contributed by atoms with Crippen LogP contribution in [0.2, 0.25) is 0 Å². The molecule has 0 saturated carbocycles. The molecule has 2 heterocycles. The third-order valence-electron chi connectivity index (χ3n) is 6.93. The summed E-state index contributed by atoms with van der Waals surface area (Å²) in [5.41, 5.74) is 9.34. The highest BCUT2D eigenvalue weighted by Gasteiger charge is 2.40. The van der Waals surface area contributed by atoms with Gasteiger partial charge in [-0.2, -0.15) is 0 Å². The molecule has 2 aromatic carbocycles. The SMILES string of the molecule is COc1ccc(C2CNNC2C2CCCCN2C(=O)CCCN(C)c2ccccc2)cc1. The van der Waals surface area contributed by atoms with Crippen LogP contribution in [0.1, 0.15) is 43.6 Å². The van der Waals surface area contributed by atoms with Gasteiger partial charge in [0.1, 0.15) is 5.75 Å². The molecule has 1 amide bonds. The Labute approximate surface area is 191 Å². The van der Waals surface area contributed by atoms with Crippen LogP contribution >= 0.6 is 0 Å². The van der Waals surface area contributed by atoms with Gasteiger partial charge in [0.2, 0.25) is 5.91 Å². The molecule has 172 valence electrons. The van der Waals surface area contributed by atoms with Crippen LogP contribution in [-0.4, -0.2) is 56.7 Å². The fourth-order valence-electron chi connectivity index (χ4n) is 5.12. The Morgan fingerprint density at radius 3 is 2.66 bits per heavy atom. The summed E-state index contributed by atoms with van der Waals surface area (Å²) in [5.74, 6) is 1.50. The number of amides is 1. The zero-order valence-corrected chi connectivity index (χ0v) is 19.3. The fourth-order valence-corrected chi connectivity index (χ4v) is 5.12. The van der Waals surface area contributed by atoms with Crippen LogP contribution in [-0.2, 0) is 4.79 Å². The van der Waals surface area contributed by atoms with E-state index in [1.165, 1.54) is 17.7 Å². The van der Waals surface area contributed by atoms with E-state index in [1.807, 2.05) is 18.2 Å². The lowest BCUT2D eigenvalue weighted by Gasteiger charge is -2.41. The largest absolute Gasteiger partial charge is 0.497 e. The second-order valence-corrected chi connectivity index (χ2v) is 8.94. The lowest BCUT2D eigenvalue weighted by molar-refractivity contribution is -0.135. The maximum absolute atomic E-state index is 13.3. The maximum atomic E-state index is 13.3. The number of methoxy groups -OCH3 is 1. The van der Waals surface area contributed by atoms with Gasteiger partial charge in [-0.25, -0.2) is 0 Å². The van der Waals surface area contributed by atoms with Crippen LogP contribution in [0.25, 0.3) is 0 Å². The number of carbonyl (C=O) groups excluding carboxylic acids is 1. The first kappa shape index (κ1) is 22.6. The average molecular weight is 437 g/mol. The molecule has 6 heteroatoms. The summed E-state index contributed by atoms with van der Waals surface area (Å²) in [4.78, 5) is 17.6. The van der Waals surface area contributed by atoms with Gasteiger partial charge in [0, 0.05) is 56.8 Å². The molecule has 32 heavy (non-hydrogen) atoms. The van der Waals surface area contributed by atoms with E-state index in [0.717, 1.165) is 44.6 Å². The minimum absolute atomic E-state index is 0.222. The molecule has 2 aromatic rings. The molecule has 0 spiro atoms. The van der Waals surface area contributed by atoms with Crippen molar-refractivity contribution >= 4 is 11.6 Å². The molecular formula is C26H36N4O2. The van der Waals surface area contributed by atoms with Gasteiger partial charge in [-0.1, -0.05) is 30.3 Å². The van der Waals surface area contributed by atoms with Crippen LogP contribution < -0.4 is 20.5 Å². The predicted molar refractivity (Wildman–Crippen MR) is 129 cm³/mol. The molecule has 0 radical (unpaired) electrons. The van der Waals surface area contributed by atoms with Gasteiger partial charge in [-0.3, -0.25) is 15.6 Å². The van der Waals surface area contributed by atoms with Gasteiger partial charge in [-0.15, -0.1) is 0 Å². The third kappa shape index (κ3) is 5.25. The molecule has 0 aromatic heterocycles. The number of ether oxygens (including phenoxy) is 1. The first-order chi connectivity index (χ1) is 15.7. The monoisotopic (exact) mass is 436 g/mol. The number of anilines is 1. The molecule has 2 aliphatic rings. The summed E-state index contributed by atoms with van der Waals surface area (Å²) >= 11 is 0. The van der Waals surface area contributed by atoms with E-state index in [-0.39, 0.29) is 12.1 Å². The maximum Gasteiger partial charge on any atom is 0.222 e. The number of para-hydroxylation sites is 1. The summed E-state index contributed by atoms with van der Waals surface area (Å²) in [7, 11) is 3.79. The summed E-state index contributed by atoms with van der Waals surface area (Å²) < 4.78 is 5.32. The number of likely N-dealkylation sites (tertiary alicyclic amines) is 1. The van der Waals surface area contributed by atoms with Gasteiger partial charge in [-0.05, 0) is 55.5 Å². The minimum atomic E-state index is 0.222. The van der Waals surface area contributed by atoms with Crippen LogP contribution in [0.5, 0.6) is 5.75 Å². The topological polar surface area (TPSA) is 56.8 Å². The van der Waals surface area contributed by atoms with Gasteiger partial charge in [0.15, 0.2) is 0 Å². The number of nitrogens with one attached hydrogen (secondary N) is 2. The van der Waals surface area contributed by atoms with E-state index in [1.54, 1.807) is 7.11 Å². The van der Waals surface area contributed by atoms with Crippen LogP contribution in [0.15, 0.2) is 54.6 Å². The molecule has 6 nitrogen and oxygen atoms in total. The van der Waals surface area contributed by atoms with Crippen molar-refractivity contribution in [1.29, 1.82) is 0 Å². The van der Waals surface area contributed by atoms with E-state index in [4.69, 9.17) is 4.74 Å². The van der Waals surface area contributed by atoms with Gasteiger partial charge >= 0.3 is 0 Å². The molecule has 0 aliphatic carbocycles. The van der Waals surface area contributed by atoms with Crippen molar-refractivity contribution in [2.75, 3.05) is 38.7 Å². The minimum Gasteiger partial charge on any atom is -0.497 e. The summed E-state index contributed by atoms with van der Waals surface area (Å²) in [6, 6.07) is 19.2. The zero-order valence-electron chi connectivity index (χ0n) is 19.3. The van der Waals surface area contributed by atoms with Crippen molar-refractivity contribution in [3.63, 3.8) is 0 Å². The van der Waals surface area contributed by atoms with Gasteiger partial charge in [0.05, 0.1) is 7.11 Å². The first-order valence-corrected chi connectivity index (χ1v) is 11.9. The van der Waals surface area contributed by atoms with E-state index in [9.17, 15) is 4.79 Å². The average Bonchev–Trinajstić information content (AvgIpc) is 3.34. The lowest BCUT2D eigenvalue weighted by Crippen LogP contribution is -2.55. The lowest BCUT2D eigenvalue weighted by atomic mass is 9.84.